The van der Waals surface area contributed by atoms with Gasteiger partial charge in [0.15, 0.2) is 6.10 Å². The molecule has 0 heterocycles. The van der Waals surface area contributed by atoms with Crippen molar-refractivity contribution in [2.24, 2.45) is 0 Å². The van der Waals surface area contributed by atoms with Crippen LogP contribution in [0, 0.1) is 0 Å². The van der Waals surface area contributed by atoms with Crippen LogP contribution in [0.25, 0.3) is 0 Å². The lowest BCUT2D eigenvalue weighted by atomic mass is 10.1. The highest BCUT2D eigenvalue weighted by Crippen LogP contribution is 2.12. The van der Waals surface area contributed by atoms with Crippen molar-refractivity contribution in [1.82, 2.24) is 0 Å². The Hall–Kier alpha value is -3.93. The fourth-order valence-electron chi connectivity index (χ4n) is 7.00. The van der Waals surface area contributed by atoms with E-state index in [1.165, 1.54) is 70.6 Å². The molecule has 0 amide bonds. The monoisotopic (exact) mass is 915 g/mol. The molecule has 0 aromatic carbocycles. The Balaban J connectivity index is 4.55. The van der Waals surface area contributed by atoms with E-state index in [2.05, 4.69) is 130 Å². The van der Waals surface area contributed by atoms with E-state index < -0.39 is 6.10 Å². The van der Waals surface area contributed by atoms with Crippen molar-refractivity contribution in [1.29, 1.82) is 0 Å². The Morgan fingerprint density at radius 1 is 0.333 bits per heavy atom. The lowest BCUT2D eigenvalue weighted by Crippen LogP contribution is -2.30. The smallest absolute Gasteiger partial charge is 0.306 e. The summed E-state index contributed by atoms with van der Waals surface area (Å²) in [4.78, 5) is 38.0. The zero-order valence-corrected chi connectivity index (χ0v) is 42.7. The molecule has 0 saturated carbocycles. The molecule has 1 unspecified atom stereocenters. The van der Waals surface area contributed by atoms with Gasteiger partial charge in [-0.1, -0.05) is 214 Å². The highest BCUT2D eigenvalue weighted by atomic mass is 16.6. The van der Waals surface area contributed by atoms with Gasteiger partial charge in [0.2, 0.25) is 0 Å². The van der Waals surface area contributed by atoms with E-state index in [1.54, 1.807) is 0 Å². The van der Waals surface area contributed by atoms with Crippen molar-refractivity contribution in [3.05, 3.63) is 109 Å². The fourth-order valence-corrected chi connectivity index (χ4v) is 7.00. The first-order chi connectivity index (χ1) is 32.5. The fraction of sp³-hybridized carbons (Fsp3) is 0.650. The number of hydrogen-bond donors (Lipinski definition) is 0. The van der Waals surface area contributed by atoms with Crippen molar-refractivity contribution in [2.75, 3.05) is 13.2 Å². The van der Waals surface area contributed by atoms with Crippen molar-refractivity contribution in [3.8, 4) is 0 Å². The second kappa shape index (κ2) is 53.7. The topological polar surface area (TPSA) is 78.9 Å². The van der Waals surface area contributed by atoms with E-state index in [0.29, 0.717) is 19.3 Å². The van der Waals surface area contributed by atoms with Gasteiger partial charge >= 0.3 is 17.9 Å². The van der Waals surface area contributed by atoms with Crippen LogP contribution < -0.4 is 0 Å². The zero-order valence-electron chi connectivity index (χ0n) is 42.7. The molecule has 0 aromatic heterocycles. The van der Waals surface area contributed by atoms with E-state index in [4.69, 9.17) is 14.2 Å². The van der Waals surface area contributed by atoms with Crippen molar-refractivity contribution >= 4 is 17.9 Å². The molecule has 374 valence electrons. The summed E-state index contributed by atoms with van der Waals surface area (Å²) in [6.45, 7) is 6.41. The largest absolute Gasteiger partial charge is 0.462 e. The molecule has 0 bridgehead atoms. The van der Waals surface area contributed by atoms with E-state index in [-0.39, 0.29) is 37.5 Å². The Morgan fingerprint density at radius 2 is 0.667 bits per heavy atom. The minimum Gasteiger partial charge on any atom is -0.462 e. The van der Waals surface area contributed by atoms with E-state index in [1.807, 2.05) is 0 Å². The highest BCUT2D eigenvalue weighted by molar-refractivity contribution is 5.71. The summed E-state index contributed by atoms with van der Waals surface area (Å²) < 4.78 is 16.7. The van der Waals surface area contributed by atoms with Crippen LogP contribution in [-0.2, 0) is 28.6 Å². The average molecular weight is 915 g/mol. The molecule has 6 heteroatoms. The molecule has 0 rings (SSSR count). The van der Waals surface area contributed by atoms with Gasteiger partial charge < -0.3 is 14.2 Å². The lowest BCUT2D eigenvalue weighted by Gasteiger charge is -2.18. The molecule has 0 aliphatic rings. The number of carbonyl (C=O) groups excluding carboxylic acids is 3. The molecule has 0 radical (unpaired) electrons. The van der Waals surface area contributed by atoms with Crippen molar-refractivity contribution in [3.63, 3.8) is 0 Å². The molecule has 6 nitrogen and oxygen atoms in total. The second-order valence-electron chi connectivity index (χ2n) is 17.5. The third kappa shape index (κ3) is 51.1. The molecule has 0 spiro atoms. The van der Waals surface area contributed by atoms with Gasteiger partial charge in [-0.05, 0) is 109 Å². The highest BCUT2D eigenvalue weighted by Gasteiger charge is 2.19. The number of esters is 3. The summed E-state index contributed by atoms with van der Waals surface area (Å²) >= 11 is 0. The lowest BCUT2D eigenvalue weighted by molar-refractivity contribution is -0.167. The molecule has 0 saturated heterocycles. The van der Waals surface area contributed by atoms with Crippen LogP contribution in [0.1, 0.15) is 233 Å². The second-order valence-corrected chi connectivity index (χ2v) is 17.5. The molecule has 0 aliphatic heterocycles. The van der Waals surface area contributed by atoms with Crippen LogP contribution >= 0.6 is 0 Å². The summed E-state index contributed by atoms with van der Waals surface area (Å²) in [5.41, 5.74) is 0. The van der Waals surface area contributed by atoms with Crippen LogP contribution in [0.2, 0.25) is 0 Å². The number of unbranched alkanes of at least 4 members (excludes halogenated alkanes) is 20. The van der Waals surface area contributed by atoms with Crippen LogP contribution in [0.3, 0.4) is 0 Å². The predicted octanol–water partition coefficient (Wildman–Crippen LogP) is 17.9. The minimum atomic E-state index is -0.824. The van der Waals surface area contributed by atoms with E-state index >= 15 is 0 Å². The van der Waals surface area contributed by atoms with Gasteiger partial charge in [-0.3, -0.25) is 14.4 Å². The molecule has 66 heavy (non-hydrogen) atoms. The minimum absolute atomic E-state index is 0.117. The van der Waals surface area contributed by atoms with Crippen molar-refractivity contribution in [2.45, 2.75) is 239 Å². The Kier molecular flexibility index (Phi) is 50.5. The van der Waals surface area contributed by atoms with Crippen LogP contribution in [0.4, 0.5) is 0 Å². The molecule has 0 aliphatic carbocycles. The van der Waals surface area contributed by atoms with Gasteiger partial charge in [0.25, 0.3) is 0 Å². The third-order valence-electron chi connectivity index (χ3n) is 11.0. The number of carbonyl (C=O) groups is 3. The standard InChI is InChI=1S/C60H98O6/c1-4-7-10-13-16-19-22-25-27-29-31-32-35-38-41-44-47-50-53-59(62)65-56-57(55-64-58(61)52-49-46-43-40-37-34-24-21-18-15-12-9-6-3)66-60(63)54-51-48-45-42-39-36-33-30-28-26-23-20-17-14-11-8-5-2/h8,11,17,20,22,25-29,31-34,36-37,42,45,57H,4-7,9-10,12-16,18-19,21,23-24,30,35,38-41,43-44,46-56H2,1-3H3/b11-8-,20-17-,25-22-,28-26-,29-27-,32-31-,36-33-,37-34-,45-42-. The molecular formula is C60H98O6. The summed E-state index contributed by atoms with van der Waals surface area (Å²) in [5, 5.41) is 0. The van der Waals surface area contributed by atoms with E-state index in [9.17, 15) is 14.4 Å². The Morgan fingerprint density at radius 3 is 1.12 bits per heavy atom. The van der Waals surface area contributed by atoms with Gasteiger partial charge in [-0.2, -0.15) is 0 Å². The van der Waals surface area contributed by atoms with E-state index in [0.717, 1.165) is 116 Å². The molecule has 0 aromatic rings. The SMILES string of the molecule is CC/C=C\C/C=C\C/C=C\C/C=C\C/C=C\CCCC(=O)OC(COC(=O)CCCCC/C=C\CCCCCCCC)COC(=O)CCCCCCC\C=C/C=C\C=C/CCCCCCC. The molecule has 0 fully saturated rings. The number of allylic oxidation sites excluding steroid dienone is 18. The van der Waals surface area contributed by atoms with Gasteiger partial charge in [0, 0.05) is 19.3 Å². The predicted molar refractivity (Wildman–Crippen MR) is 283 cm³/mol. The van der Waals surface area contributed by atoms with Gasteiger partial charge in [0.1, 0.15) is 13.2 Å². The molecule has 0 N–H and O–H groups in total. The Bertz CT molecular complexity index is 1370. The summed E-state index contributed by atoms with van der Waals surface area (Å²) in [5.74, 6) is -1.01. The van der Waals surface area contributed by atoms with Crippen LogP contribution in [0.15, 0.2) is 109 Å². The molecule has 1 atom stereocenters. The molecular weight excluding hydrogens is 817 g/mol. The van der Waals surface area contributed by atoms with Crippen LogP contribution in [0.5, 0.6) is 0 Å². The first kappa shape index (κ1) is 62.1. The number of hydrogen-bond acceptors (Lipinski definition) is 6. The average Bonchev–Trinajstić information content (AvgIpc) is 3.31. The summed E-state index contributed by atoms with van der Waals surface area (Å²) in [6, 6.07) is 0. The van der Waals surface area contributed by atoms with Crippen LogP contribution in [-0.4, -0.2) is 37.2 Å². The summed E-state index contributed by atoms with van der Waals surface area (Å²) in [6.07, 6.45) is 72.2. The first-order valence-corrected chi connectivity index (χ1v) is 26.9. The normalized spacial score (nSPS) is 13.0. The maximum Gasteiger partial charge on any atom is 0.306 e. The Labute approximate surface area is 406 Å². The third-order valence-corrected chi connectivity index (χ3v) is 11.0. The van der Waals surface area contributed by atoms with Gasteiger partial charge in [0.05, 0.1) is 0 Å². The maximum atomic E-state index is 12.8. The summed E-state index contributed by atoms with van der Waals surface area (Å²) in [7, 11) is 0. The van der Waals surface area contributed by atoms with Gasteiger partial charge in [-0.15, -0.1) is 0 Å². The first-order valence-electron chi connectivity index (χ1n) is 26.9. The zero-order chi connectivity index (χ0) is 47.9. The number of rotatable bonds is 47. The quantitative estimate of drug-likeness (QED) is 0.0199. The van der Waals surface area contributed by atoms with Crippen molar-refractivity contribution < 1.29 is 28.6 Å². The van der Waals surface area contributed by atoms with Gasteiger partial charge in [-0.25, -0.2) is 0 Å². The number of ether oxygens (including phenoxy) is 3. The maximum absolute atomic E-state index is 12.8.